The van der Waals surface area contributed by atoms with Gasteiger partial charge in [0, 0.05) is 40.5 Å². The quantitative estimate of drug-likeness (QED) is 0.633. The first-order chi connectivity index (χ1) is 14.5. The molecule has 1 aliphatic rings. The molecule has 1 fully saturated rings. The molecule has 7 heteroatoms. The van der Waals surface area contributed by atoms with E-state index < -0.39 is 0 Å². The second kappa shape index (κ2) is 8.93. The van der Waals surface area contributed by atoms with Crippen molar-refractivity contribution < 1.29 is 14.3 Å². The average Bonchev–Trinajstić information content (AvgIpc) is 3.40. The molecule has 0 saturated carbocycles. The fourth-order valence-corrected chi connectivity index (χ4v) is 4.06. The van der Waals surface area contributed by atoms with Crippen molar-refractivity contribution in [3.63, 3.8) is 0 Å². The minimum absolute atomic E-state index is 0.00625. The Morgan fingerprint density at radius 1 is 1.23 bits per heavy atom. The summed E-state index contributed by atoms with van der Waals surface area (Å²) in [6.07, 6.45) is 4.49. The molecule has 0 radical (unpaired) electrons. The lowest BCUT2D eigenvalue weighted by Crippen LogP contribution is -2.27. The Hall–Kier alpha value is -2.77. The molecule has 2 aromatic heterocycles. The van der Waals surface area contributed by atoms with Crippen LogP contribution < -0.4 is 10.1 Å². The number of thiazole rings is 1. The number of pyridine rings is 1. The lowest BCUT2D eigenvalue weighted by Gasteiger charge is -2.17. The number of rotatable bonds is 6. The van der Waals surface area contributed by atoms with E-state index in [9.17, 15) is 4.79 Å². The predicted molar refractivity (Wildman–Crippen MR) is 117 cm³/mol. The zero-order valence-corrected chi connectivity index (χ0v) is 18.2. The summed E-state index contributed by atoms with van der Waals surface area (Å²) in [6.45, 7) is 7.18. The van der Waals surface area contributed by atoms with Crippen LogP contribution in [0.3, 0.4) is 0 Å². The van der Waals surface area contributed by atoms with Crippen LogP contribution >= 0.6 is 11.3 Å². The molecule has 1 aromatic carbocycles. The van der Waals surface area contributed by atoms with Gasteiger partial charge in [-0.05, 0) is 50.6 Å². The number of aromatic nitrogens is 2. The maximum atomic E-state index is 13.0. The van der Waals surface area contributed by atoms with Gasteiger partial charge in [-0.15, -0.1) is 11.3 Å². The topological polar surface area (TPSA) is 73.3 Å². The van der Waals surface area contributed by atoms with Crippen molar-refractivity contribution >= 4 is 17.2 Å². The number of ether oxygens (including phenoxy) is 2. The minimum Gasteiger partial charge on any atom is -0.488 e. The highest BCUT2D eigenvalue weighted by molar-refractivity contribution is 7.14. The van der Waals surface area contributed by atoms with Crippen LogP contribution in [0.2, 0.25) is 0 Å². The van der Waals surface area contributed by atoms with Crippen LogP contribution in [0.5, 0.6) is 5.75 Å². The summed E-state index contributed by atoms with van der Waals surface area (Å²) in [4.78, 5) is 23.0. The lowest BCUT2D eigenvalue weighted by atomic mass is 10.1. The molecule has 1 amide bonds. The van der Waals surface area contributed by atoms with E-state index in [1.54, 1.807) is 23.6 Å². The van der Waals surface area contributed by atoms with E-state index in [4.69, 9.17) is 9.47 Å². The molecule has 156 valence electrons. The van der Waals surface area contributed by atoms with Gasteiger partial charge in [0.1, 0.15) is 16.9 Å². The molecule has 4 rings (SSSR count). The lowest BCUT2D eigenvalue weighted by molar-refractivity contribution is 0.0938. The van der Waals surface area contributed by atoms with Gasteiger partial charge in [-0.1, -0.05) is 6.07 Å². The first-order valence-electron chi connectivity index (χ1n) is 10.0. The molecular weight excluding hydrogens is 398 g/mol. The van der Waals surface area contributed by atoms with E-state index >= 15 is 0 Å². The number of nitrogens with one attached hydrogen (secondary N) is 1. The van der Waals surface area contributed by atoms with Gasteiger partial charge in [0.05, 0.1) is 19.3 Å². The SMILES string of the molecule is Cc1ccc(C(C)NC(=O)c2cc(O[C@H]3CCOC3)cc(-c3ncc(C)s3)c2)cn1. The molecule has 0 bridgehead atoms. The fraction of sp³-hybridized carbons (Fsp3) is 0.348. The number of hydrogen-bond acceptors (Lipinski definition) is 6. The molecule has 0 aliphatic carbocycles. The van der Waals surface area contributed by atoms with E-state index in [0.717, 1.165) is 33.1 Å². The fourth-order valence-electron chi connectivity index (χ4n) is 3.31. The van der Waals surface area contributed by atoms with Crippen LogP contribution in [0, 0.1) is 13.8 Å². The minimum atomic E-state index is -0.163. The molecule has 1 unspecified atom stereocenters. The van der Waals surface area contributed by atoms with E-state index in [2.05, 4.69) is 15.3 Å². The molecule has 1 N–H and O–H groups in total. The zero-order valence-electron chi connectivity index (χ0n) is 17.3. The zero-order chi connectivity index (χ0) is 21.1. The summed E-state index contributed by atoms with van der Waals surface area (Å²) in [5.74, 6) is 0.497. The largest absolute Gasteiger partial charge is 0.488 e. The van der Waals surface area contributed by atoms with Crippen LogP contribution in [0.25, 0.3) is 10.6 Å². The van der Waals surface area contributed by atoms with Crippen molar-refractivity contribution in [1.82, 2.24) is 15.3 Å². The monoisotopic (exact) mass is 423 g/mol. The third kappa shape index (κ3) is 4.86. The van der Waals surface area contributed by atoms with Crippen LogP contribution in [-0.2, 0) is 4.74 Å². The molecule has 6 nitrogen and oxygen atoms in total. The van der Waals surface area contributed by atoms with Crippen LogP contribution in [0.1, 0.15) is 45.9 Å². The van der Waals surface area contributed by atoms with Gasteiger partial charge in [-0.25, -0.2) is 4.98 Å². The Morgan fingerprint density at radius 3 is 2.77 bits per heavy atom. The Morgan fingerprint density at radius 2 is 2.10 bits per heavy atom. The van der Waals surface area contributed by atoms with Gasteiger partial charge in [-0.2, -0.15) is 0 Å². The number of benzene rings is 1. The summed E-state index contributed by atoms with van der Waals surface area (Å²) in [7, 11) is 0. The Labute approximate surface area is 180 Å². The summed E-state index contributed by atoms with van der Waals surface area (Å²) in [6, 6.07) is 9.36. The molecule has 3 heterocycles. The third-order valence-corrected chi connectivity index (χ3v) is 5.97. The molecular formula is C23H25N3O3S. The number of carbonyl (C=O) groups excluding carboxylic acids is 1. The third-order valence-electron chi connectivity index (χ3n) is 5.01. The van der Waals surface area contributed by atoms with E-state index in [1.165, 1.54) is 0 Å². The second-order valence-corrected chi connectivity index (χ2v) is 8.79. The first-order valence-corrected chi connectivity index (χ1v) is 10.9. The van der Waals surface area contributed by atoms with Gasteiger partial charge in [-0.3, -0.25) is 9.78 Å². The van der Waals surface area contributed by atoms with Gasteiger partial charge in [0.15, 0.2) is 0 Å². The highest BCUT2D eigenvalue weighted by Crippen LogP contribution is 2.30. The van der Waals surface area contributed by atoms with Crippen molar-refractivity contribution in [2.75, 3.05) is 13.2 Å². The molecule has 1 aliphatic heterocycles. The summed E-state index contributed by atoms with van der Waals surface area (Å²) < 4.78 is 11.5. The standard InChI is InChI=1S/C23H25N3O3S/c1-14-4-5-17(12-24-14)16(3)26-22(27)18-8-19(23-25-11-15(2)30-23)10-21(9-18)29-20-6-7-28-13-20/h4-5,8-12,16,20H,6-7,13H2,1-3H3,(H,26,27)/t16?,20-/m0/s1. The van der Waals surface area contributed by atoms with Crippen molar-refractivity contribution in [3.05, 3.63) is 64.4 Å². The molecule has 2 atom stereocenters. The van der Waals surface area contributed by atoms with Crippen molar-refractivity contribution in [2.24, 2.45) is 0 Å². The van der Waals surface area contributed by atoms with Crippen LogP contribution in [0.15, 0.2) is 42.7 Å². The number of aryl methyl sites for hydroxylation is 2. The molecule has 30 heavy (non-hydrogen) atoms. The second-order valence-electron chi connectivity index (χ2n) is 7.55. The maximum Gasteiger partial charge on any atom is 0.251 e. The van der Waals surface area contributed by atoms with Crippen LogP contribution in [0.4, 0.5) is 0 Å². The Balaban J connectivity index is 1.59. The number of amides is 1. The van der Waals surface area contributed by atoms with Crippen molar-refractivity contribution in [2.45, 2.75) is 39.3 Å². The van der Waals surface area contributed by atoms with Gasteiger partial charge < -0.3 is 14.8 Å². The van der Waals surface area contributed by atoms with Crippen molar-refractivity contribution in [1.29, 1.82) is 0 Å². The Kier molecular flexibility index (Phi) is 6.11. The molecule has 3 aromatic rings. The number of carbonyl (C=O) groups is 1. The number of hydrogen-bond donors (Lipinski definition) is 1. The normalized spacial score (nSPS) is 17.0. The van der Waals surface area contributed by atoms with E-state index in [-0.39, 0.29) is 18.1 Å². The van der Waals surface area contributed by atoms with E-state index in [1.807, 2.05) is 51.2 Å². The van der Waals surface area contributed by atoms with Gasteiger partial charge in [0.25, 0.3) is 5.91 Å². The highest BCUT2D eigenvalue weighted by atomic mass is 32.1. The summed E-state index contributed by atoms with van der Waals surface area (Å²) >= 11 is 1.59. The number of nitrogens with zero attached hydrogens (tertiary/aromatic N) is 2. The summed E-state index contributed by atoms with van der Waals surface area (Å²) in [5, 5.41) is 3.93. The average molecular weight is 424 g/mol. The summed E-state index contributed by atoms with van der Waals surface area (Å²) in [5.41, 5.74) is 3.32. The van der Waals surface area contributed by atoms with Crippen LogP contribution in [-0.4, -0.2) is 35.2 Å². The first kappa shape index (κ1) is 20.5. The molecule has 0 spiro atoms. The molecule has 1 saturated heterocycles. The van der Waals surface area contributed by atoms with E-state index in [0.29, 0.717) is 24.5 Å². The highest BCUT2D eigenvalue weighted by Gasteiger charge is 2.20. The van der Waals surface area contributed by atoms with Gasteiger partial charge >= 0.3 is 0 Å². The predicted octanol–water partition coefficient (Wildman–Crippen LogP) is 4.48. The Bertz CT molecular complexity index is 1030. The maximum absolute atomic E-state index is 13.0. The van der Waals surface area contributed by atoms with Gasteiger partial charge in [0.2, 0.25) is 0 Å². The smallest absolute Gasteiger partial charge is 0.251 e. The van der Waals surface area contributed by atoms with Crippen molar-refractivity contribution in [3.8, 4) is 16.3 Å².